The van der Waals surface area contributed by atoms with Gasteiger partial charge < -0.3 is 9.47 Å². The molecule has 0 aromatic carbocycles. The van der Waals surface area contributed by atoms with Crippen LogP contribution in [0.4, 0.5) is 0 Å². The number of allylic oxidation sites excluding steroid dienone is 1. The average Bonchev–Trinajstić information content (AvgIpc) is 2.70. The van der Waals surface area contributed by atoms with Crippen molar-refractivity contribution in [2.45, 2.75) is 38.7 Å². The van der Waals surface area contributed by atoms with Gasteiger partial charge in [0.05, 0.1) is 13.2 Å². The van der Waals surface area contributed by atoms with Crippen LogP contribution in [0.1, 0.15) is 32.6 Å². The van der Waals surface area contributed by atoms with Gasteiger partial charge in [0.2, 0.25) is 0 Å². The maximum Gasteiger partial charge on any atom is 0.305 e. The van der Waals surface area contributed by atoms with Crippen molar-refractivity contribution in [3.63, 3.8) is 0 Å². The Morgan fingerprint density at radius 3 is 2.83 bits per heavy atom. The molecule has 0 aliphatic heterocycles. The van der Waals surface area contributed by atoms with Crippen LogP contribution < -0.4 is 0 Å². The molecule has 0 heterocycles. The van der Waals surface area contributed by atoms with E-state index in [4.69, 9.17) is 4.74 Å². The standard InChI is InChI=1S/C14H22O4/c1-10(17-2)5-4-6-12-11(7-8-13(12)15)9-14(16)18-3/h4-5,10-12H,6-9H2,1-3H3/b5-4+/t10?,11-,12-/m1/s1. The van der Waals surface area contributed by atoms with Gasteiger partial charge >= 0.3 is 5.97 Å². The average molecular weight is 254 g/mol. The van der Waals surface area contributed by atoms with Gasteiger partial charge in [0.15, 0.2) is 0 Å². The molecular weight excluding hydrogens is 232 g/mol. The number of esters is 1. The van der Waals surface area contributed by atoms with E-state index in [-0.39, 0.29) is 29.7 Å². The van der Waals surface area contributed by atoms with Gasteiger partial charge in [-0.2, -0.15) is 0 Å². The highest BCUT2D eigenvalue weighted by Gasteiger charge is 2.35. The van der Waals surface area contributed by atoms with E-state index in [0.717, 1.165) is 6.42 Å². The Balaban J connectivity index is 2.51. The second kappa shape index (κ2) is 7.31. The molecule has 3 atom stereocenters. The number of rotatable bonds is 6. The van der Waals surface area contributed by atoms with Gasteiger partial charge in [0.25, 0.3) is 0 Å². The number of carbonyl (C=O) groups is 2. The minimum Gasteiger partial charge on any atom is -0.469 e. The van der Waals surface area contributed by atoms with Crippen LogP contribution in [0.25, 0.3) is 0 Å². The molecule has 1 unspecified atom stereocenters. The summed E-state index contributed by atoms with van der Waals surface area (Å²) < 4.78 is 9.77. The molecule has 1 rings (SSSR count). The molecule has 0 radical (unpaired) electrons. The second-order valence-electron chi connectivity index (χ2n) is 4.76. The molecular formula is C14H22O4. The Bertz CT molecular complexity index is 322. The molecule has 1 aliphatic carbocycles. The van der Waals surface area contributed by atoms with E-state index < -0.39 is 0 Å². The Kier molecular flexibility index (Phi) is 6.05. The van der Waals surface area contributed by atoms with Crippen molar-refractivity contribution in [3.05, 3.63) is 12.2 Å². The smallest absolute Gasteiger partial charge is 0.305 e. The maximum absolute atomic E-state index is 11.8. The minimum atomic E-state index is -0.228. The van der Waals surface area contributed by atoms with Gasteiger partial charge in [-0.05, 0) is 25.7 Å². The van der Waals surface area contributed by atoms with Crippen molar-refractivity contribution in [2.75, 3.05) is 14.2 Å². The molecule has 0 N–H and O–H groups in total. The van der Waals surface area contributed by atoms with Crippen LogP contribution in [0.3, 0.4) is 0 Å². The number of Topliss-reactive ketones (excluding diaryl/α,β-unsaturated/α-hetero) is 1. The molecule has 0 aromatic heterocycles. The SMILES string of the molecule is COC(=O)C[C@H]1CCC(=O)[C@@H]1C/C=C/C(C)OC. The first-order valence-electron chi connectivity index (χ1n) is 6.37. The first-order chi connectivity index (χ1) is 8.58. The topological polar surface area (TPSA) is 52.6 Å². The Morgan fingerprint density at radius 2 is 2.22 bits per heavy atom. The number of hydrogen-bond donors (Lipinski definition) is 0. The zero-order valence-corrected chi connectivity index (χ0v) is 11.3. The highest BCUT2D eigenvalue weighted by Crippen LogP contribution is 2.34. The minimum absolute atomic E-state index is 0.0376. The summed E-state index contributed by atoms with van der Waals surface area (Å²) in [7, 11) is 3.03. The quantitative estimate of drug-likeness (QED) is 0.538. The number of methoxy groups -OCH3 is 2. The Morgan fingerprint density at radius 1 is 1.50 bits per heavy atom. The summed E-state index contributed by atoms with van der Waals surface area (Å²) in [6.07, 6.45) is 6.40. The fraction of sp³-hybridized carbons (Fsp3) is 0.714. The van der Waals surface area contributed by atoms with Crippen LogP contribution in [-0.2, 0) is 19.1 Å². The van der Waals surface area contributed by atoms with E-state index in [9.17, 15) is 9.59 Å². The first-order valence-corrected chi connectivity index (χ1v) is 6.37. The summed E-state index contributed by atoms with van der Waals surface area (Å²) >= 11 is 0. The highest BCUT2D eigenvalue weighted by atomic mass is 16.5. The number of ether oxygens (including phenoxy) is 2. The molecule has 4 nitrogen and oxygen atoms in total. The monoisotopic (exact) mass is 254 g/mol. The van der Waals surface area contributed by atoms with Crippen LogP contribution in [0.2, 0.25) is 0 Å². The van der Waals surface area contributed by atoms with E-state index in [0.29, 0.717) is 19.3 Å². The highest BCUT2D eigenvalue weighted by molar-refractivity contribution is 5.84. The largest absolute Gasteiger partial charge is 0.469 e. The van der Waals surface area contributed by atoms with E-state index >= 15 is 0 Å². The third-order valence-corrected chi connectivity index (χ3v) is 3.57. The summed E-state index contributed by atoms with van der Waals surface area (Å²) in [6, 6.07) is 0. The summed E-state index contributed by atoms with van der Waals surface area (Å²) in [5.41, 5.74) is 0. The van der Waals surface area contributed by atoms with Gasteiger partial charge in [-0.3, -0.25) is 9.59 Å². The maximum atomic E-state index is 11.8. The van der Waals surface area contributed by atoms with Crippen LogP contribution in [0.15, 0.2) is 12.2 Å². The lowest BCUT2D eigenvalue weighted by molar-refractivity contribution is -0.142. The van der Waals surface area contributed by atoms with Gasteiger partial charge in [-0.25, -0.2) is 0 Å². The van der Waals surface area contributed by atoms with E-state index in [1.54, 1.807) is 7.11 Å². The molecule has 1 fully saturated rings. The van der Waals surface area contributed by atoms with E-state index in [1.165, 1.54) is 7.11 Å². The Hall–Kier alpha value is -1.16. The molecule has 18 heavy (non-hydrogen) atoms. The fourth-order valence-electron chi connectivity index (χ4n) is 2.34. The van der Waals surface area contributed by atoms with Crippen molar-refractivity contribution >= 4 is 11.8 Å². The van der Waals surface area contributed by atoms with Crippen molar-refractivity contribution in [2.24, 2.45) is 11.8 Å². The lowest BCUT2D eigenvalue weighted by Gasteiger charge is -2.15. The first kappa shape index (κ1) is 14.9. The van der Waals surface area contributed by atoms with E-state index in [1.807, 2.05) is 19.1 Å². The predicted molar refractivity (Wildman–Crippen MR) is 68.1 cm³/mol. The summed E-state index contributed by atoms with van der Waals surface area (Å²) in [4.78, 5) is 23.1. The summed E-state index contributed by atoms with van der Waals surface area (Å²) in [5, 5.41) is 0. The van der Waals surface area contributed by atoms with Crippen molar-refractivity contribution < 1.29 is 19.1 Å². The zero-order chi connectivity index (χ0) is 13.5. The summed E-state index contributed by atoms with van der Waals surface area (Å²) in [5.74, 6) is 0.129. The third kappa shape index (κ3) is 4.26. The molecule has 102 valence electrons. The van der Waals surface area contributed by atoms with Crippen LogP contribution >= 0.6 is 0 Å². The lowest BCUT2D eigenvalue weighted by Crippen LogP contribution is -2.18. The number of ketones is 1. The zero-order valence-electron chi connectivity index (χ0n) is 11.3. The van der Waals surface area contributed by atoms with Gasteiger partial charge in [0, 0.05) is 25.9 Å². The predicted octanol–water partition coefficient (Wildman–Crippen LogP) is 2.13. The van der Waals surface area contributed by atoms with Gasteiger partial charge in [-0.15, -0.1) is 0 Å². The number of carbonyl (C=O) groups excluding carboxylic acids is 2. The molecule has 0 saturated heterocycles. The second-order valence-corrected chi connectivity index (χ2v) is 4.76. The molecule has 0 spiro atoms. The van der Waals surface area contributed by atoms with Crippen molar-refractivity contribution in [1.82, 2.24) is 0 Å². The van der Waals surface area contributed by atoms with Crippen molar-refractivity contribution in [3.8, 4) is 0 Å². The molecule has 0 aromatic rings. The molecule has 1 aliphatic rings. The van der Waals surface area contributed by atoms with Crippen LogP contribution in [0, 0.1) is 11.8 Å². The lowest BCUT2D eigenvalue weighted by atomic mass is 9.89. The number of hydrogen-bond acceptors (Lipinski definition) is 4. The molecule has 0 amide bonds. The van der Waals surface area contributed by atoms with Gasteiger partial charge in [0.1, 0.15) is 5.78 Å². The molecule has 1 saturated carbocycles. The van der Waals surface area contributed by atoms with Crippen LogP contribution in [-0.4, -0.2) is 32.1 Å². The third-order valence-electron chi connectivity index (χ3n) is 3.57. The van der Waals surface area contributed by atoms with Crippen LogP contribution in [0.5, 0.6) is 0 Å². The molecule has 4 heteroatoms. The normalized spacial score (nSPS) is 25.6. The fourth-order valence-corrected chi connectivity index (χ4v) is 2.34. The Labute approximate surface area is 108 Å². The van der Waals surface area contributed by atoms with E-state index in [2.05, 4.69) is 4.74 Å². The van der Waals surface area contributed by atoms with Gasteiger partial charge in [-0.1, -0.05) is 12.2 Å². The summed E-state index contributed by atoms with van der Waals surface area (Å²) in [6.45, 7) is 1.94. The van der Waals surface area contributed by atoms with Crippen molar-refractivity contribution in [1.29, 1.82) is 0 Å². The molecule has 0 bridgehead atoms.